The van der Waals surface area contributed by atoms with Crippen molar-refractivity contribution in [3.05, 3.63) is 78.8 Å². The lowest BCUT2D eigenvalue weighted by Gasteiger charge is -2.09. The van der Waals surface area contributed by atoms with Crippen LogP contribution in [0.2, 0.25) is 0 Å². The van der Waals surface area contributed by atoms with E-state index in [2.05, 4.69) is 21.3 Å². The Balaban J connectivity index is 1.40. The van der Waals surface area contributed by atoms with E-state index in [1.807, 2.05) is 42.5 Å². The normalized spacial score (nSPS) is 10.1. The summed E-state index contributed by atoms with van der Waals surface area (Å²) in [6, 6.07) is 20.2. The lowest BCUT2D eigenvalue weighted by molar-refractivity contribution is -0.115. The van der Waals surface area contributed by atoms with Gasteiger partial charge in [-0.2, -0.15) is 0 Å². The van der Waals surface area contributed by atoms with E-state index in [0.29, 0.717) is 11.4 Å². The molecule has 0 fully saturated rings. The molecule has 27 heavy (non-hydrogen) atoms. The van der Waals surface area contributed by atoms with Gasteiger partial charge in [0.05, 0.1) is 19.4 Å². The number of anilines is 3. The summed E-state index contributed by atoms with van der Waals surface area (Å²) in [5.41, 5.74) is 2.55. The Morgan fingerprint density at radius 2 is 1.48 bits per heavy atom. The van der Waals surface area contributed by atoms with Crippen LogP contribution in [0.1, 0.15) is 5.76 Å². The van der Waals surface area contributed by atoms with Gasteiger partial charge in [-0.3, -0.25) is 4.79 Å². The molecule has 0 atom stereocenters. The van der Waals surface area contributed by atoms with Gasteiger partial charge in [-0.1, -0.05) is 18.2 Å². The fraction of sp³-hybridized carbons (Fsp3) is 0.100. The molecule has 7 heteroatoms. The zero-order valence-electron chi connectivity index (χ0n) is 14.6. The molecule has 0 aliphatic rings. The number of carbonyl (C=O) groups excluding carboxylic acids is 2. The number of urea groups is 1. The molecule has 138 valence electrons. The molecule has 0 radical (unpaired) electrons. The highest BCUT2D eigenvalue weighted by Crippen LogP contribution is 2.18. The van der Waals surface area contributed by atoms with E-state index in [1.165, 1.54) is 6.26 Å². The molecule has 4 N–H and O–H groups in total. The van der Waals surface area contributed by atoms with Gasteiger partial charge >= 0.3 is 6.03 Å². The fourth-order valence-corrected chi connectivity index (χ4v) is 2.33. The third-order valence-electron chi connectivity index (χ3n) is 3.64. The van der Waals surface area contributed by atoms with Gasteiger partial charge in [0.25, 0.3) is 0 Å². The molecule has 7 nitrogen and oxygen atoms in total. The van der Waals surface area contributed by atoms with E-state index in [4.69, 9.17) is 4.42 Å². The van der Waals surface area contributed by atoms with Gasteiger partial charge in [0, 0.05) is 17.1 Å². The van der Waals surface area contributed by atoms with Crippen LogP contribution in [0, 0.1) is 0 Å². The van der Waals surface area contributed by atoms with Crippen molar-refractivity contribution in [2.45, 2.75) is 6.54 Å². The van der Waals surface area contributed by atoms with Crippen LogP contribution in [0.15, 0.2) is 77.4 Å². The predicted octanol–water partition coefficient (Wildman–Crippen LogP) is 3.46. The molecule has 0 saturated heterocycles. The van der Waals surface area contributed by atoms with Crippen molar-refractivity contribution in [1.29, 1.82) is 0 Å². The zero-order valence-corrected chi connectivity index (χ0v) is 14.6. The first kappa shape index (κ1) is 18.1. The molecule has 0 spiro atoms. The van der Waals surface area contributed by atoms with Crippen molar-refractivity contribution in [3.8, 4) is 0 Å². The average Bonchev–Trinajstić information content (AvgIpc) is 3.21. The summed E-state index contributed by atoms with van der Waals surface area (Å²) < 4.78 is 5.11. The molecule has 1 aromatic heterocycles. The van der Waals surface area contributed by atoms with Crippen LogP contribution in [0.4, 0.5) is 21.9 Å². The molecule has 0 unspecified atom stereocenters. The second-order valence-corrected chi connectivity index (χ2v) is 5.73. The second kappa shape index (κ2) is 9.10. The van der Waals surface area contributed by atoms with Gasteiger partial charge in [0.15, 0.2) is 0 Å². The summed E-state index contributed by atoms with van der Waals surface area (Å²) in [6.45, 7) is 0.129. The van der Waals surface area contributed by atoms with Crippen LogP contribution in [0.5, 0.6) is 0 Å². The number of rotatable bonds is 7. The summed E-state index contributed by atoms with van der Waals surface area (Å²) in [5, 5.41) is 11.1. The fourth-order valence-electron chi connectivity index (χ4n) is 2.33. The lowest BCUT2D eigenvalue weighted by atomic mass is 10.2. The highest BCUT2D eigenvalue weighted by atomic mass is 16.3. The first-order valence-electron chi connectivity index (χ1n) is 8.45. The van der Waals surface area contributed by atoms with Crippen LogP contribution in [0.25, 0.3) is 0 Å². The number of hydrogen-bond donors (Lipinski definition) is 4. The van der Waals surface area contributed by atoms with E-state index in [0.717, 1.165) is 11.4 Å². The van der Waals surface area contributed by atoms with E-state index in [1.54, 1.807) is 24.3 Å². The minimum atomic E-state index is -0.441. The quantitative estimate of drug-likeness (QED) is 0.516. The Labute approximate surface area is 156 Å². The number of carbonyl (C=O) groups is 2. The van der Waals surface area contributed by atoms with Gasteiger partial charge < -0.3 is 25.7 Å². The number of furan rings is 1. The van der Waals surface area contributed by atoms with Crippen molar-refractivity contribution in [3.63, 3.8) is 0 Å². The Hall–Kier alpha value is -3.74. The largest absolute Gasteiger partial charge is 0.467 e. The lowest BCUT2D eigenvalue weighted by Crippen LogP contribution is -2.39. The zero-order chi connectivity index (χ0) is 18.9. The van der Waals surface area contributed by atoms with Crippen LogP contribution in [0.3, 0.4) is 0 Å². The maximum absolute atomic E-state index is 11.9. The molecule has 3 aromatic rings. The minimum absolute atomic E-state index is 0.131. The summed E-state index contributed by atoms with van der Waals surface area (Å²) in [4.78, 5) is 23.6. The molecule has 0 aliphatic carbocycles. The smallest absolute Gasteiger partial charge is 0.315 e. The van der Waals surface area contributed by atoms with Crippen LogP contribution >= 0.6 is 0 Å². The van der Waals surface area contributed by atoms with Crippen molar-refractivity contribution in [2.75, 3.05) is 17.2 Å². The number of amides is 3. The summed E-state index contributed by atoms with van der Waals surface area (Å²) >= 11 is 0. The monoisotopic (exact) mass is 364 g/mol. The number of hydrogen-bond acceptors (Lipinski definition) is 4. The molecule has 0 saturated carbocycles. The van der Waals surface area contributed by atoms with Crippen LogP contribution < -0.4 is 21.3 Å². The summed E-state index contributed by atoms with van der Waals surface area (Å²) in [6.07, 6.45) is 1.53. The van der Waals surface area contributed by atoms with Crippen LogP contribution in [-0.4, -0.2) is 18.5 Å². The Morgan fingerprint density at radius 1 is 0.778 bits per heavy atom. The molecule has 3 rings (SSSR count). The maximum Gasteiger partial charge on any atom is 0.315 e. The third kappa shape index (κ3) is 5.93. The van der Waals surface area contributed by atoms with E-state index < -0.39 is 6.03 Å². The van der Waals surface area contributed by atoms with E-state index in [-0.39, 0.29) is 19.0 Å². The van der Waals surface area contributed by atoms with Crippen molar-refractivity contribution < 1.29 is 14.0 Å². The van der Waals surface area contributed by atoms with Gasteiger partial charge in [0.1, 0.15) is 5.76 Å². The molecule has 0 bridgehead atoms. The number of benzene rings is 2. The molecule has 2 aromatic carbocycles. The first-order valence-corrected chi connectivity index (χ1v) is 8.45. The average molecular weight is 364 g/mol. The SMILES string of the molecule is O=C(CNC(=O)NCc1ccco1)Nc1ccc(Nc2ccccc2)cc1. The maximum atomic E-state index is 11.9. The number of para-hydroxylation sites is 1. The van der Waals surface area contributed by atoms with Crippen molar-refractivity contribution in [2.24, 2.45) is 0 Å². The Kier molecular flexibility index (Phi) is 6.08. The van der Waals surface area contributed by atoms with E-state index in [9.17, 15) is 9.59 Å². The van der Waals surface area contributed by atoms with Crippen molar-refractivity contribution in [1.82, 2.24) is 10.6 Å². The molecule has 3 amide bonds. The molecule has 1 heterocycles. The standard InChI is InChI=1S/C20H20N4O3/c25-19(14-22-20(26)21-13-18-7-4-12-27-18)24-17-10-8-16(9-11-17)23-15-5-2-1-3-6-15/h1-12,23H,13-14H2,(H,24,25)(H2,21,22,26). The second-order valence-electron chi connectivity index (χ2n) is 5.73. The van der Waals surface area contributed by atoms with Crippen LogP contribution in [-0.2, 0) is 11.3 Å². The first-order chi connectivity index (χ1) is 13.2. The topological polar surface area (TPSA) is 95.4 Å². The number of nitrogens with one attached hydrogen (secondary N) is 4. The van der Waals surface area contributed by atoms with Crippen molar-refractivity contribution >= 4 is 29.0 Å². The van der Waals surface area contributed by atoms with Gasteiger partial charge in [-0.15, -0.1) is 0 Å². The third-order valence-corrected chi connectivity index (χ3v) is 3.64. The Morgan fingerprint density at radius 3 is 2.19 bits per heavy atom. The molecule has 0 aliphatic heterocycles. The molecular weight excluding hydrogens is 344 g/mol. The minimum Gasteiger partial charge on any atom is -0.467 e. The van der Waals surface area contributed by atoms with Gasteiger partial charge in [-0.25, -0.2) is 4.79 Å². The van der Waals surface area contributed by atoms with Gasteiger partial charge in [0.2, 0.25) is 5.91 Å². The van der Waals surface area contributed by atoms with Gasteiger partial charge in [-0.05, 0) is 48.5 Å². The summed E-state index contributed by atoms with van der Waals surface area (Å²) in [5.74, 6) is 0.325. The highest BCUT2D eigenvalue weighted by Gasteiger charge is 2.06. The highest BCUT2D eigenvalue weighted by molar-refractivity contribution is 5.94. The van der Waals surface area contributed by atoms with E-state index >= 15 is 0 Å². The predicted molar refractivity (Wildman–Crippen MR) is 104 cm³/mol. The summed E-state index contributed by atoms with van der Waals surface area (Å²) in [7, 11) is 0. The Bertz CT molecular complexity index is 862. The molecular formula is C20H20N4O3.